The average Bonchev–Trinajstić information content (AvgIpc) is 2.81. The van der Waals surface area contributed by atoms with Crippen LogP contribution in [0.4, 0.5) is 0 Å². The first-order chi connectivity index (χ1) is 9.62. The molecule has 0 bridgehead atoms. The molecule has 0 aromatic rings. The van der Waals surface area contributed by atoms with Crippen molar-refractivity contribution in [3.05, 3.63) is 0 Å². The minimum atomic E-state index is -3.39. The van der Waals surface area contributed by atoms with Crippen LogP contribution in [0.25, 0.3) is 0 Å². The van der Waals surface area contributed by atoms with Gasteiger partial charge in [0.25, 0.3) is 0 Å². The molecular weight excluding hydrogens is 300 g/mol. The number of hydrogen-bond donors (Lipinski definition) is 1. The summed E-state index contributed by atoms with van der Waals surface area (Å²) in [5.41, 5.74) is -0.664. The van der Waals surface area contributed by atoms with Crippen LogP contribution in [0.3, 0.4) is 0 Å². The van der Waals surface area contributed by atoms with Crippen LogP contribution in [0.2, 0.25) is 0 Å². The normalized spacial score (nSPS) is 25.6. The highest BCUT2D eigenvalue weighted by molar-refractivity contribution is 7.88. The van der Waals surface area contributed by atoms with Gasteiger partial charge in [-0.15, -0.1) is 0 Å². The predicted molar refractivity (Wildman–Crippen MR) is 73.1 cm³/mol. The van der Waals surface area contributed by atoms with Gasteiger partial charge in [0.2, 0.25) is 15.9 Å². The summed E-state index contributed by atoms with van der Waals surface area (Å²) in [7, 11) is -3.39. The molecule has 0 spiro atoms. The molecule has 1 atom stereocenters. The number of ether oxygens (including phenoxy) is 1. The van der Waals surface area contributed by atoms with Crippen molar-refractivity contribution < 1.29 is 27.9 Å². The number of hydrogen-bond acceptors (Lipinski definition) is 5. The second-order valence-electron chi connectivity index (χ2n) is 5.86. The topological polar surface area (TPSA) is 104 Å². The Balaban J connectivity index is 1.93. The van der Waals surface area contributed by atoms with E-state index in [1.807, 2.05) is 0 Å². The van der Waals surface area contributed by atoms with E-state index in [-0.39, 0.29) is 19.0 Å². The molecule has 0 aromatic heterocycles. The molecular formula is C12H20N2O6S. The molecule has 0 aromatic carbocycles. The van der Waals surface area contributed by atoms with Crippen molar-refractivity contribution in [2.45, 2.75) is 31.4 Å². The molecule has 1 N–H and O–H groups in total. The maximum Gasteiger partial charge on any atom is 0.329 e. The second-order valence-corrected chi connectivity index (χ2v) is 7.79. The van der Waals surface area contributed by atoms with E-state index in [9.17, 15) is 18.0 Å². The molecule has 0 saturated carbocycles. The van der Waals surface area contributed by atoms with Crippen LogP contribution in [0.1, 0.15) is 19.8 Å². The molecule has 0 radical (unpaired) electrons. The number of nitrogens with zero attached hydrogens (tertiary/aromatic N) is 2. The number of sulfonamides is 1. The highest BCUT2D eigenvalue weighted by atomic mass is 32.2. The first kappa shape index (κ1) is 16.2. The fourth-order valence-corrected chi connectivity index (χ4v) is 3.96. The number of amides is 1. The van der Waals surface area contributed by atoms with Crippen molar-refractivity contribution in [3.63, 3.8) is 0 Å². The Bertz CT molecular complexity index is 540. The Morgan fingerprint density at radius 2 is 2.00 bits per heavy atom. The molecule has 21 heavy (non-hydrogen) atoms. The summed E-state index contributed by atoms with van der Waals surface area (Å²) in [4.78, 5) is 24.4. The van der Waals surface area contributed by atoms with E-state index in [0.717, 1.165) is 6.26 Å². The molecule has 2 fully saturated rings. The maximum atomic E-state index is 12.4. The van der Waals surface area contributed by atoms with Gasteiger partial charge in [-0.2, -0.15) is 4.31 Å². The molecule has 2 aliphatic heterocycles. The highest BCUT2D eigenvalue weighted by Gasteiger charge is 2.47. The molecule has 120 valence electrons. The monoisotopic (exact) mass is 320 g/mol. The zero-order valence-corrected chi connectivity index (χ0v) is 12.9. The van der Waals surface area contributed by atoms with Crippen LogP contribution in [0, 0.1) is 0 Å². The fraction of sp³-hybridized carbons (Fsp3) is 0.833. The van der Waals surface area contributed by atoms with Crippen molar-refractivity contribution in [1.82, 2.24) is 9.21 Å². The van der Waals surface area contributed by atoms with Crippen molar-refractivity contribution >= 4 is 21.9 Å². The molecule has 2 saturated heterocycles. The second kappa shape index (κ2) is 5.54. The van der Waals surface area contributed by atoms with Gasteiger partial charge in [-0.25, -0.2) is 13.2 Å². The largest absolute Gasteiger partial charge is 0.480 e. The Labute approximate surface area is 123 Å². The van der Waals surface area contributed by atoms with Gasteiger partial charge < -0.3 is 14.7 Å². The van der Waals surface area contributed by atoms with Gasteiger partial charge in [0, 0.05) is 6.54 Å². The minimum absolute atomic E-state index is 0.227. The van der Waals surface area contributed by atoms with Crippen LogP contribution in [-0.2, 0) is 24.3 Å². The summed E-state index contributed by atoms with van der Waals surface area (Å²) >= 11 is 0. The number of carbonyl (C=O) groups is 2. The van der Waals surface area contributed by atoms with Crippen LogP contribution in [0.5, 0.6) is 0 Å². The lowest BCUT2D eigenvalue weighted by Crippen LogP contribution is -2.66. The van der Waals surface area contributed by atoms with E-state index in [1.165, 1.54) is 9.21 Å². The summed E-state index contributed by atoms with van der Waals surface area (Å²) in [6.45, 7) is 2.27. The number of likely N-dealkylation sites (tertiary alicyclic amines) is 1. The van der Waals surface area contributed by atoms with Crippen molar-refractivity contribution in [1.29, 1.82) is 0 Å². The predicted octanol–water partition coefficient (Wildman–Crippen LogP) is -0.887. The van der Waals surface area contributed by atoms with Crippen molar-refractivity contribution in [2.24, 2.45) is 0 Å². The fourth-order valence-electron chi connectivity index (χ4n) is 2.84. The quantitative estimate of drug-likeness (QED) is 0.705. The molecule has 0 aliphatic carbocycles. The Morgan fingerprint density at radius 3 is 2.52 bits per heavy atom. The maximum absolute atomic E-state index is 12.4. The van der Waals surface area contributed by atoms with Gasteiger partial charge >= 0.3 is 5.97 Å². The lowest BCUT2D eigenvalue weighted by Gasteiger charge is -2.48. The first-order valence-electron chi connectivity index (χ1n) is 6.74. The zero-order chi connectivity index (χ0) is 15.8. The third-order valence-electron chi connectivity index (χ3n) is 3.82. The van der Waals surface area contributed by atoms with Crippen LogP contribution in [0.15, 0.2) is 0 Å². The van der Waals surface area contributed by atoms with Crippen LogP contribution < -0.4 is 0 Å². The lowest BCUT2D eigenvalue weighted by atomic mass is 9.95. The first-order valence-corrected chi connectivity index (χ1v) is 8.59. The van der Waals surface area contributed by atoms with Crippen molar-refractivity contribution in [3.8, 4) is 0 Å². The minimum Gasteiger partial charge on any atom is -0.480 e. The van der Waals surface area contributed by atoms with E-state index in [2.05, 4.69) is 0 Å². The summed E-state index contributed by atoms with van der Waals surface area (Å²) in [5, 5.41) is 8.59. The summed E-state index contributed by atoms with van der Waals surface area (Å²) in [6, 6.07) is -0.635. The molecule has 1 unspecified atom stereocenters. The van der Waals surface area contributed by atoms with E-state index in [1.54, 1.807) is 6.92 Å². The number of carboxylic acid groups (broad SMARTS) is 1. The Morgan fingerprint density at radius 1 is 1.38 bits per heavy atom. The number of carbonyl (C=O) groups excluding carboxylic acids is 1. The average molecular weight is 320 g/mol. The van der Waals surface area contributed by atoms with Crippen LogP contribution >= 0.6 is 0 Å². The molecule has 9 heteroatoms. The van der Waals surface area contributed by atoms with Gasteiger partial charge in [0.15, 0.2) is 0 Å². The third kappa shape index (κ3) is 3.53. The van der Waals surface area contributed by atoms with E-state index in [0.29, 0.717) is 19.4 Å². The molecule has 1 amide bonds. The summed E-state index contributed by atoms with van der Waals surface area (Å²) in [6.07, 6.45) is 2.30. The van der Waals surface area contributed by atoms with Gasteiger partial charge in [-0.05, 0) is 19.8 Å². The van der Waals surface area contributed by atoms with Gasteiger partial charge in [0.05, 0.1) is 19.3 Å². The lowest BCUT2D eigenvalue weighted by molar-refractivity contribution is -0.175. The molecule has 8 nitrogen and oxygen atoms in total. The van der Waals surface area contributed by atoms with Crippen molar-refractivity contribution in [2.75, 3.05) is 32.5 Å². The summed E-state index contributed by atoms with van der Waals surface area (Å²) < 4.78 is 29.8. The zero-order valence-electron chi connectivity index (χ0n) is 12.1. The smallest absolute Gasteiger partial charge is 0.329 e. The Hall–Kier alpha value is -1.19. The molecule has 2 rings (SSSR count). The van der Waals surface area contributed by atoms with Crippen LogP contribution in [-0.4, -0.2) is 78.7 Å². The van der Waals surface area contributed by atoms with Gasteiger partial charge in [-0.3, -0.25) is 4.79 Å². The van der Waals surface area contributed by atoms with E-state index in [4.69, 9.17) is 9.84 Å². The molecule has 2 heterocycles. The van der Waals surface area contributed by atoms with Gasteiger partial charge in [-0.1, -0.05) is 0 Å². The number of rotatable bonds is 5. The third-order valence-corrected chi connectivity index (χ3v) is 5.11. The van der Waals surface area contributed by atoms with Gasteiger partial charge in [0.1, 0.15) is 18.2 Å². The number of carboxylic acids is 1. The highest BCUT2D eigenvalue weighted by Crippen LogP contribution is 2.29. The molecule has 2 aliphatic rings. The van der Waals surface area contributed by atoms with E-state index >= 15 is 0 Å². The summed E-state index contributed by atoms with van der Waals surface area (Å²) in [5.74, 6) is -1.28. The number of aliphatic carboxylic acids is 1. The standard InChI is InChI=1S/C12H20N2O6S/c1-12(20-6-10(15)16)7-13(8-12)11(17)9-4-3-5-14(9)21(2,18)19/h9H,3-8H2,1-2H3,(H,15,16). The SMILES string of the molecule is CC1(OCC(=O)O)CN(C(=O)C2CCCN2S(C)(=O)=O)C1. The Kier molecular flexibility index (Phi) is 4.27. The van der Waals surface area contributed by atoms with E-state index < -0.39 is 34.2 Å².